The molecule has 1 heterocycles. The lowest BCUT2D eigenvalue weighted by Crippen LogP contribution is -2.31. The highest BCUT2D eigenvalue weighted by atomic mass is 19.1. The van der Waals surface area contributed by atoms with Gasteiger partial charge in [0.1, 0.15) is 17.2 Å². The molecule has 1 atom stereocenters. The van der Waals surface area contributed by atoms with E-state index in [9.17, 15) is 9.50 Å². The van der Waals surface area contributed by atoms with Crippen molar-refractivity contribution < 1.29 is 19.0 Å². The number of phenols is 1. The Morgan fingerprint density at radius 3 is 2.53 bits per heavy atom. The fourth-order valence-electron chi connectivity index (χ4n) is 2.18. The predicted molar refractivity (Wildman–Crippen MR) is 61.1 cm³/mol. The summed E-state index contributed by atoms with van der Waals surface area (Å²) in [5.74, 6) is -1.25. The topological polar surface area (TPSA) is 38.7 Å². The molecule has 1 aromatic carbocycles. The minimum absolute atomic E-state index is 0.0962. The van der Waals surface area contributed by atoms with Crippen LogP contribution in [0.15, 0.2) is 18.2 Å². The zero-order valence-corrected chi connectivity index (χ0v) is 10.3. The molecule has 3 nitrogen and oxygen atoms in total. The second-order valence-electron chi connectivity index (χ2n) is 4.84. The summed E-state index contributed by atoms with van der Waals surface area (Å²) in [6.45, 7) is 5.96. The summed E-state index contributed by atoms with van der Waals surface area (Å²) < 4.78 is 24.8. The fraction of sp³-hybridized carbons (Fsp3) is 0.538. The van der Waals surface area contributed by atoms with Crippen molar-refractivity contribution in [2.45, 2.75) is 38.6 Å². The Morgan fingerprint density at radius 2 is 2.06 bits per heavy atom. The van der Waals surface area contributed by atoms with Crippen LogP contribution in [0.25, 0.3) is 0 Å². The number of benzene rings is 1. The lowest BCUT2D eigenvalue weighted by Gasteiger charge is -2.28. The Bertz CT molecular complexity index is 410. The van der Waals surface area contributed by atoms with Crippen LogP contribution in [-0.4, -0.2) is 17.5 Å². The lowest BCUT2D eigenvalue weighted by molar-refractivity contribution is -0.164. The third-order valence-electron chi connectivity index (χ3n) is 3.07. The molecule has 0 bridgehead atoms. The van der Waals surface area contributed by atoms with Gasteiger partial charge >= 0.3 is 0 Å². The average Bonchev–Trinajstić information content (AvgIpc) is 2.54. The Morgan fingerprint density at radius 1 is 1.35 bits per heavy atom. The van der Waals surface area contributed by atoms with Crippen LogP contribution in [0.2, 0.25) is 0 Å². The maximum atomic E-state index is 13.3. The molecule has 1 fully saturated rings. The van der Waals surface area contributed by atoms with Gasteiger partial charge < -0.3 is 14.6 Å². The molecule has 0 saturated carbocycles. The number of hydrogen-bond donors (Lipinski definition) is 1. The maximum absolute atomic E-state index is 13.3. The van der Waals surface area contributed by atoms with E-state index in [0.717, 1.165) is 6.07 Å². The van der Waals surface area contributed by atoms with E-state index in [1.54, 1.807) is 0 Å². The quantitative estimate of drug-likeness (QED) is 0.863. The van der Waals surface area contributed by atoms with Crippen molar-refractivity contribution >= 4 is 0 Å². The van der Waals surface area contributed by atoms with Crippen LogP contribution in [0.3, 0.4) is 0 Å². The maximum Gasteiger partial charge on any atom is 0.164 e. The third-order valence-corrected chi connectivity index (χ3v) is 3.07. The van der Waals surface area contributed by atoms with Crippen molar-refractivity contribution in [3.8, 4) is 5.75 Å². The summed E-state index contributed by atoms with van der Waals surface area (Å²) in [4.78, 5) is 0. The molecule has 4 heteroatoms. The van der Waals surface area contributed by atoms with E-state index in [4.69, 9.17) is 9.47 Å². The summed E-state index contributed by atoms with van der Waals surface area (Å²) in [6.07, 6.45) is 0.652. The summed E-state index contributed by atoms with van der Waals surface area (Å²) in [7, 11) is 0. The molecule has 1 unspecified atom stereocenters. The van der Waals surface area contributed by atoms with Crippen molar-refractivity contribution in [2.75, 3.05) is 6.61 Å². The van der Waals surface area contributed by atoms with Crippen molar-refractivity contribution in [2.24, 2.45) is 0 Å². The van der Waals surface area contributed by atoms with E-state index >= 15 is 0 Å². The molecule has 17 heavy (non-hydrogen) atoms. The number of ether oxygens (including phenoxy) is 2. The van der Waals surface area contributed by atoms with Crippen LogP contribution >= 0.6 is 0 Å². The van der Waals surface area contributed by atoms with Gasteiger partial charge in [-0.2, -0.15) is 0 Å². The summed E-state index contributed by atoms with van der Waals surface area (Å²) in [5.41, 5.74) is -0.0635. The smallest absolute Gasteiger partial charge is 0.164 e. The molecule has 1 aromatic rings. The number of aromatic hydroxyl groups is 1. The zero-order chi connectivity index (χ0) is 12.7. The zero-order valence-electron chi connectivity index (χ0n) is 10.3. The van der Waals surface area contributed by atoms with Crippen molar-refractivity contribution in [3.05, 3.63) is 29.6 Å². The summed E-state index contributed by atoms with van der Waals surface area (Å²) in [5, 5.41) is 9.46. The van der Waals surface area contributed by atoms with Crippen molar-refractivity contribution in [1.29, 1.82) is 0 Å². The van der Waals surface area contributed by atoms with Gasteiger partial charge in [-0.3, -0.25) is 0 Å². The molecule has 0 radical (unpaired) electrons. The fourth-order valence-corrected chi connectivity index (χ4v) is 2.18. The monoisotopic (exact) mass is 240 g/mol. The van der Waals surface area contributed by atoms with E-state index in [1.807, 2.05) is 20.8 Å². The molecule has 0 amide bonds. The van der Waals surface area contributed by atoms with Crippen molar-refractivity contribution in [3.63, 3.8) is 0 Å². The first-order valence-corrected chi connectivity index (χ1v) is 5.71. The first-order valence-electron chi connectivity index (χ1n) is 5.71. The SMILES string of the molecule is CCC1(c2cc(O)cc(F)c2)COC(C)(C)O1. The number of halogens is 1. The van der Waals surface area contributed by atoms with Gasteiger partial charge in [0.2, 0.25) is 0 Å². The normalized spacial score (nSPS) is 27.3. The van der Waals surface area contributed by atoms with Gasteiger partial charge in [0.05, 0.1) is 6.61 Å². The molecule has 0 aliphatic carbocycles. The second-order valence-corrected chi connectivity index (χ2v) is 4.84. The minimum Gasteiger partial charge on any atom is -0.508 e. The molecular formula is C13H17FO3. The van der Waals surface area contributed by atoms with Gasteiger partial charge in [-0.1, -0.05) is 6.92 Å². The molecule has 0 aromatic heterocycles. The largest absolute Gasteiger partial charge is 0.508 e. The molecule has 0 spiro atoms. The van der Waals surface area contributed by atoms with E-state index in [0.29, 0.717) is 18.6 Å². The second kappa shape index (κ2) is 3.96. The Labute approximate surface area is 100 Å². The average molecular weight is 240 g/mol. The van der Waals surface area contributed by atoms with Gasteiger partial charge in [-0.25, -0.2) is 4.39 Å². The van der Waals surface area contributed by atoms with Gasteiger partial charge in [0.25, 0.3) is 0 Å². The van der Waals surface area contributed by atoms with Crippen LogP contribution < -0.4 is 0 Å². The predicted octanol–water partition coefficient (Wildman–Crippen LogP) is 2.92. The summed E-state index contributed by atoms with van der Waals surface area (Å²) in [6, 6.07) is 3.99. The van der Waals surface area contributed by atoms with E-state index in [1.165, 1.54) is 12.1 Å². The standard InChI is InChI=1S/C13H17FO3/c1-4-13(8-16-12(2,3)17-13)9-5-10(14)7-11(15)6-9/h5-7,15H,4,8H2,1-3H3. The Balaban J connectivity index is 2.42. The van der Waals surface area contributed by atoms with Crippen LogP contribution in [0, 0.1) is 5.82 Å². The van der Waals surface area contributed by atoms with Crippen molar-refractivity contribution in [1.82, 2.24) is 0 Å². The van der Waals surface area contributed by atoms with Crippen LogP contribution in [0.4, 0.5) is 4.39 Å². The molecular weight excluding hydrogens is 223 g/mol. The highest BCUT2D eigenvalue weighted by Gasteiger charge is 2.45. The molecule has 1 aliphatic heterocycles. The molecule has 1 N–H and O–H groups in total. The first kappa shape index (κ1) is 12.3. The number of hydrogen-bond acceptors (Lipinski definition) is 3. The Kier molecular flexibility index (Phi) is 2.87. The van der Waals surface area contributed by atoms with Gasteiger partial charge in [0, 0.05) is 6.07 Å². The minimum atomic E-state index is -0.683. The number of rotatable bonds is 2. The van der Waals surface area contributed by atoms with Gasteiger partial charge in [-0.05, 0) is 38.0 Å². The van der Waals surface area contributed by atoms with E-state index in [2.05, 4.69) is 0 Å². The third kappa shape index (κ3) is 2.28. The lowest BCUT2D eigenvalue weighted by atomic mass is 9.91. The molecule has 1 aliphatic rings. The van der Waals surface area contributed by atoms with E-state index < -0.39 is 17.2 Å². The van der Waals surface area contributed by atoms with Gasteiger partial charge in [0.15, 0.2) is 5.79 Å². The Hall–Kier alpha value is -1.13. The summed E-state index contributed by atoms with van der Waals surface area (Å²) >= 11 is 0. The highest BCUT2D eigenvalue weighted by Crippen LogP contribution is 2.42. The van der Waals surface area contributed by atoms with Crippen LogP contribution in [-0.2, 0) is 15.1 Å². The number of phenolic OH excluding ortho intramolecular Hbond substituents is 1. The van der Waals surface area contributed by atoms with Crippen LogP contribution in [0.5, 0.6) is 5.75 Å². The highest BCUT2D eigenvalue weighted by molar-refractivity contribution is 5.33. The molecule has 1 saturated heterocycles. The van der Waals surface area contributed by atoms with Crippen LogP contribution in [0.1, 0.15) is 32.8 Å². The molecule has 94 valence electrons. The molecule has 2 rings (SSSR count). The van der Waals surface area contributed by atoms with Gasteiger partial charge in [-0.15, -0.1) is 0 Å². The van der Waals surface area contributed by atoms with E-state index in [-0.39, 0.29) is 5.75 Å². The first-order chi connectivity index (χ1) is 7.87.